The van der Waals surface area contributed by atoms with Crippen molar-refractivity contribution in [1.82, 2.24) is 0 Å². The molecule has 0 aromatic carbocycles. The van der Waals surface area contributed by atoms with E-state index in [4.69, 9.17) is 18.5 Å². The number of hydrogen-bond donors (Lipinski definition) is 0. The van der Waals surface area contributed by atoms with Crippen molar-refractivity contribution < 1.29 is 42.1 Å². The van der Waals surface area contributed by atoms with Crippen LogP contribution < -0.4 is 4.89 Å². The van der Waals surface area contributed by atoms with E-state index in [9.17, 15) is 19.0 Å². The first-order valence-electron chi connectivity index (χ1n) is 31.8. The lowest BCUT2D eigenvalue weighted by atomic mass is 10.0. The molecule has 0 amide bonds. The number of phosphoric acid groups is 1. The van der Waals surface area contributed by atoms with Gasteiger partial charge in [0.15, 0.2) is 6.10 Å². The Morgan fingerprint density at radius 3 is 0.988 bits per heavy atom. The van der Waals surface area contributed by atoms with Crippen molar-refractivity contribution in [2.24, 2.45) is 0 Å². The Kier molecular flexibility index (Phi) is 57.5. The molecule has 82 heavy (non-hydrogen) atoms. The number of phosphoric ester groups is 1. The van der Waals surface area contributed by atoms with E-state index in [1.165, 1.54) is 44.9 Å². The molecule has 0 spiro atoms. The van der Waals surface area contributed by atoms with E-state index >= 15 is 0 Å². The zero-order valence-electron chi connectivity index (χ0n) is 52.4. The van der Waals surface area contributed by atoms with Crippen LogP contribution in [0.15, 0.2) is 170 Å². The maximum atomic E-state index is 12.8. The third-order valence-corrected chi connectivity index (χ3v) is 13.7. The lowest BCUT2D eigenvalue weighted by Gasteiger charge is -2.28. The third-order valence-electron chi connectivity index (χ3n) is 12.7. The van der Waals surface area contributed by atoms with Crippen molar-refractivity contribution >= 4 is 19.8 Å². The van der Waals surface area contributed by atoms with Crippen LogP contribution in [0.3, 0.4) is 0 Å². The molecule has 9 nitrogen and oxygen atoms in total. The van der Waals surface area contributed by atoms with E-state index in [0.29, 0.717) is 23.9 Å². The summed E-state index contributed by atoms with van der Waals surface area (Å²) in [6.45, 7) is 3.95. The summed E-state index contributed by atoms with van der Waals surface area (Å²) in [4.78, 5) is 38.0. The molecule has 0 aliphatic rings. The number of unbranched alkanes of at least 4 members (excludes halogenated alkanes) is 14. The fraction of sp³-hybridized carbons (Fsp3) is 0.583. The van der Waals surface area contributed by atoms with Gasteiger partial charge in [0.05, 0.1) is 27.7 Å². The number of allylic oxidation sites excluding steroid dienone is 28. The number of nitrogens with zero attached hydrogens (tertiary/aromatic N) is 1. The molecule has 0 saturated heterocycles. The molecule has 0 bridgehead atoms. The molecule has 0 aliphatic carbocycles. The fourth-order valence-electron chi connectivity index (χ4n) is 7.91. The third kappa shape index (κ3) is 64.5. The van der Waals surface area contributed by atoms with Crippen molar-refractivity contribution in [1.29, 1.82) is 0 Å². The van der Waals surface area contributed by atoms with Gasteiger partial charge in [-0.1, -0.05) is 248 Å². The molecule has 462 valence electrons. The van der Waals surface area contributed by atoms with Crippen molar-refractivity contribution in [2.45, 2.75) is 225 Å². The minimum atomic E-state index is -4.66. The van der Waals surface area contributed by atoms with Gasteiger partial charge < -0.3 is 27.9 Å². The predicted octanol–water partition coefficient (Wildman–Crippen LogP) is 20.0. The second kappa shape index (κ2) is 60.9. The molecule has 0 N–H and O–H groups in total. The lowest BCUT2D eigenvalue weighted by molar-refractivity contribution is -0.870. The van der Waals surface area contributed by atoms with E-state index < -0.39 is 32.5 Å². The average molecular weight is 1150 g/mol. The number of hydrogen-bond acceptors (Lipinski definition) is 8. The molecule has 10 heteroatoms. The average Bonchev–Trinajstić information content (AvgIpc) is 3.46. The van der Waals surface area contributed by atoms with Gasteiger partial charge in [-0.2, -0.15) is 0 Å². The van der Waals surface area contributed by atoms with Crippen LogP contribution in [0.1, 0.15) is 219 Å². The maximum Gasteiger partial charge on any atom is 0.306 e. The molecule has 0 aliphatic heterocycles. The maximum absolute atomic E-state index is 12.8. The van der Waals surface area contributed by atoms with E-state index in [2.05, 4.69) is 184 Å². The second-order valence-corrected chi connectivity index (χ2v) is 23.1. The number of likely N-dealkylation sites (N-methyl/N-ethyl adjacent to an activating group) is 1. The smallest absolute Gasteiger partial charge is 0.306 e. The van der Waals surface area contributed by atoms with Crippen LogP contribution in [0.4, 0.5) is 0 Å². The van der Waals surface area contributed by atoms with Gasteiger partial charge in [0.25, 0.3) is 7.82 Å². The van der Waals surface area contributed by atoms with E-state index in [1.54, 1.807) is 0 Å². The van der Waals surface area contributed by atoms with Gasteiger partial charge in [0.2, 0.25) is 0 Å². The highest BCUT2D eigenvalue weighted by atomic mass is 31.2. The summed E-state index contributed by atoms with van der Waals surface area (Å²) < 4.78 is 34.2. The Balaban J connectivity index is 4.23. The number of ether oxygens (including phenoxy) is 2. The molecule has 2 unspecified atom stereocenters. The van der Waals surface area contributed by atoms with E-state index in [1.807, 2.05) is 21.1 Å². The van der Waals surface area contributed by atoms with Gasteiger partial charge in [-0.05, 0) is 128 Å². The molecule has 0 rings (SSSR count). The summed E-state index contributed by atoms with van der Waals surface area (Å²) in [7, 11) is 1.12. The van der Waals surface area contributed by atoms with Crippen molar-refractivity contribution in [2.75, 3.05) is 47.5 Å². The van der Waals surface area contributed by atoms with Gasteiger partial charge in [-0.15, -0.1) is 0 Å². The molecular weight excluding hydrogens is 1040 g/mol. The van der Waals surface area contributed by atoms with Gasteiger partial charge in [-0.3, -0.25) is 14.2 Å². The number of carbonyl (C=O) groups is 2. The summed E-state index contributed by atoms with van der Waals surface area (Å²) in [6.07, 6.45) is 92.6. The summed E-state index contributed by atoms with van der Waals surface area (Å²) in [5, 5.41) is 0. The number of quaternary nitrogens is 1. The van der Waals surface area contributed by atoms with Crippen molar-refractivity contribution in [3.05, 3.63) is 170 Å². The molecule has 0 fully saturated rings. The standard InChI is InChI=1S/C72H116NO8P/c1-6-8-10-12-14-16-18-20-22-24-26-28-30-32-33-34-35-36-37-38-39-41-43-45-47-49-51-53-55-57-59-61-63-65-72(75)81-70(69-80-82(76,77)79-67-66-73(3,4)5)68-78-71(74)64-62-60-58-56-54-52-50-48-46-44-42-40-31-29-27-25-23-21-19-17-15-13-11-9-7-2/h8-11,14-17,20-23,26-29,32-33,35-36,38-40,42,46,48,52,54,70H,6-7,12-13,18-19,24-25,30-31,34,37,41,43-45,47,49-51,53,55-69H2,1-5H3/b10-8-,11-9-,16-14-,17-15-,22-20-,23-21-,28-26-,29-27-,33-32-,36-35-,39-38-,42-40-,48-46-,54-52-. The predicted molar refractivity (Wildman–Crippen MR) is 350 cm³/mol. The molecule has 0 aromatic heterocycles. The molecular formula is C72H116NO8P. The first kappa shape index (κ1) is 77.4. The topological polar surface area (TPSA) is 111 Å². The van der Waals surface area contributed by atoms with Crippen LogP contribution in [0.2, 0.25) is 0 Å². The highest BCUT2D eigenvalue weighted by Crippen LogP contribution is 2.38. The lowest BCUT2D eigenvalue weighted by Crippen LogP contribution is -2.37. The van der Waals surface area contributed by atoms with Crippen molar-refractivity contribution in [3.63, 3.8) is 0 Å². The second-order valence-electron chi connectivity index (χ2n) is 21.7. The van der Waals surface area contributed by atoms with Gasteiger partial charge in [0.1, 0.15) is 19.8 Å². The quantitative estimate of drug-likeness (QED) is 0.0195. The van der Waals surface area contributed by atoms with Gasteiger partial charge in [0, 0.05) is 12.8 Å². The minimum absolute atomic E-state index is 0.0469. The van der Waals surface area contributed by atoms with Crippen molar-refractivity contribution in [3.8, 4) is 0 Å². The first-order chi connectivity index (χ1) is 40.0. The first-order valence-corrected chi connectivity index (χ1v) is 33.3. The van der Waals surface area contributed by atoms with E-state index in [-0.39, 0.29) is 26.1 Å². The van der Waals surface area contributed by atoms with Gasteiger partial charge >= 0.3 is 11.9 Å². The highest BCUT2D eigenvalue weighted by molar-refractivity contribution is 7.45. The number of rotatable bonds is 56. The summed E-state index contributed by atoms with van der Waals surface area (Å²) >= 11 is 0. The highest BCUT2D eigenvalue weighted by Gasteiger charge is 2.22. The zero-order chi connectivity index (χ0) is 59.8. The fourth-order valence-corrected chi connectivity index (χ4v) is 8.64. The Morgan fingerprint density at radius 2 is 0.659 bits per heavy atom. The molecule has 0 heterocycles. The van der Waals surface area contributed by atoms with E-state index in [0.717, 1.165) is 135 Å². The molecule has 0 radical (unpaired) electrons. The van der Waals surface area contributed by atoms with Crippen LogP contribution in [-0.2, 0) is 32.7 Å². The van der Waals surface area contributed by atoms with Crippen LogP contribution in [0.5, 0.6) is 0 Å². The SMILES string of the molecule is CC/C=C\C/C=C\C/C=C\C/C=C\C/C=C\C/C=C\C/C=C\CCCCCCCCCCCCCC(=O)OC(COC(=O)CCCCC/C=C\C/C=C\C/C=C\C/C=C\C/C=C\C/C=C\C/C=C\CC)COP(=O)([O-])OCC[N+](C)(C)C. The number of carbonyl (C=O) groups excluding carboxylic acids is 2. The van der Waals surface area contributed by atoms with Crippen LogP contribution in [0.25, 0.3) is 0 Å². The Bertz CT molecular complexity index is 1990. The Hall–Kier alpha value is -4.63. The normalized spacial score (nSPS) is 14.4. The monoisotopic (exact) mass is 1150 g/mol. The molecule has 2 atom stereocenters. The minimum Gasteiger partial charge on any atom is -0.756 e. The van der Waals surface area contributed by atoms with Crippen LogP contribution >= 0.6 is 7.82 Å². The van der Waals surface area contributed by atoms with Crippen LogP contribution in [0, 0.1) is 0 Å². The summed E-state index contributed by atoms with van der Waals surface area (Å²) in [5.74, 6) is -0.888. The summed E-state index contributed by atoms with van der Waals surface area (Å²) in [6, 6.07) is 0. The molecule has 0 aromatic rings. The summed E-state index contributed by atoms with van der Waals surface area (Å²) in [5.41, 5.74) is 0. The number of esters is 2. The van der Waals surface area contributed by atoms with Crippen LogP contribution in [-0.4, -0.2) is 70.0 Å². The zero-order valence-corrected chi connectivity index (χ0v) is 53.3. The largest absolute Gasteiger partial charge is 0.756 e. The van der Waals surface area contributed by atoms with Gasteiger partial charge in [-0.25, -0.2) is 0 Å². The Morgan fingerprint density at radius 1 is 0.378 bits per heavy atom. The Labute approximate surface area is 502 Å². The molecule has 0 saturated carbocycles.